The zero-order chi connectivity index (χ0) is 19.1. The molecule has 0 bridgehead atoms. The number of aromatic nitrogens is 2. The second-order valence-corrected chi connectivity index (χ2v) is 6.40. The average Bonchev–Trinajstić information content (AvgIpc) is 3.14. The van der Waals surface area contributed by atoms with Crippen LogP contribution in [0.5, 0.6) is 0 Å². The van der Waals surface area contributed by atoms with Crippen LogP contribution >= 0.6 is 0 Å². The molecule has 2 aromatic carbocycles. The Morgan fingerprint density at radius 1 is 1.11 bits per heavy atom. The first-order valence-corrected chi connectivity index (χ1v) is 8.47. The van der Waals surface area contributed by atoms with Gasteiger partial charge in [-0.05, 0) is 24.3 Å². The second kappa shape index (κ2) is 6.44. The molecular formula is C20H19N3O4. The minimum Gasteiger partial charge on any atom is -0.451 e. The van der Waals surface area contributed by atoms with Gasteiger partial charge in [-0.25, -0.2) is 4.79 Å². The van der Waals surface area contributed by atoms with Crippen LogP contribution in [-0.4, -0.2) is 22.2 Å². The third-order valence-electron chi connectivity index (χ3n) is 4.72. The van der Waals surface area contributed by atoms with E-state index in [1.165, 1.54) is 0 Å². The fraction of sp³-hybridized carbons (Fsp3) is 0.200. The number of benzene rings is 2. The van der Waals surface area contributed by atoms with Crippen molar-refractivity contribution in [3.8, 4) is 0 Å². The molecule has 1 amide bonds. The summed E-state index contributed by atoms with van der Waals surface area (Å²) in [5.41, 5.74) is 3.34. The molecule has 0 saturated carbocycles. The lowest BCUT2D eigenvalue weighted by Gasteiger charge is -2.06. The van der Waals surface area contributed by atoms with Crippen LogP contribution in [0.4, 0.5) is 5.69 Å². The van der Waals surface area contributed by atoms with Gasteiger partial charge in [-0.3, -0.25) is 13.9 Å². The van der Waals surface area contributed by atoms with Crippen LogP contribution in [0.3, 0.4) is 0 Å². The van der Waals surface area contributed by atoms with Gasteiger partial charge in [0.25, 0.3) is 5.91 Å². The second-order valence-electron chi connectivity index (χ2n) is 6.40. The van der Waals surface area contributed by atoms with Gasteiger partial charge in [-0.15, -0.1) is 0 Å². The van der Waals surface area contributed by atoms with Crippen molar-refractivity contribution in [1.82, 2.24) is 9.13 Å². The van der Waals surface area contributed by atoms with E-state index in [4.69, 9.17) is 9.15 Å². The summed E-state index contributed by atoms with van der Waals surface area (Å²) >= 11 is 0. The summed E-state index contributed by atoms with van der Waals surface area (Å²) in [4.78, 5) is 24.9. The quantitative estimate of drug-likeness (QED) is 0.603. The number of ether oxygens (including phenoxy) is 1. The lowest BCUT2D eigenvalue weighted by molar-refractivity contribution is 0.0992. The zero-order valence-electron chi connectivity index (χ0n) is 15.3. The lowest BCUT2D eigenvalue weighted by atomic mass is 10.1. The lowest BCUT2D eigenvalue weighted by Crippen LogP contribution is -2.19. The van der Waals surface area contributed by atoms with Crippen LogP contribution in [0, 0.1) is 0 Å². The maximum atomic E-state index is 12.8. The number of carbonyl (C=O) groups excluding carboxylic acids is 1. The summed E-state index contributed by atoms with van der Waals surface area (Å²) in [7, 11) is 4.99. The molecule has 0 aliphatic heterocycles. The summed E-state index contributed by atoms with van der Waals surface area (Å²) in [6.07, 6.45) is 0. The molecule has 2 aromatic heterocycles. The number of methoxy groups -OCH3 is 1. The first-order chi connectivity index (χ1) is 13.0. The third kappa shape index (κ3) is 2.72. The van der Waals surface area contributed by atoms with E-state index < -0.39 is 0 Å². The summed E-state index contributed by atoms with van der Waals surface area (Å²) in [6, 6.07) is 12.8. The first kappa shape index (κ1) is 17.1. The predicted octanol–water partition coefficient (Wildman–Crippen LogP) is 3.02. The summed E-state index contributed by atoms with van der Waals surface area (Å²) in [5.74, 6) is -0.140. The molecule has 1 N–H and O–H groups in total. The molecule has 0 radical (unpaired) electrons. The Bertz CT molecular complexity index is 1230. The maximum Gasteiger partial charge on any atom is 0.328 e. The number of fused-ring (bicyclic) bond motifs is 2. The van der Waals surface area contributed by atoms with E-state index in [1.54, 1.807) is 48.5 Å². The van der Waals surface area contributed by atoms with Gasteiger partial charge < -0.3 is 14.5 Å². The molecule has 0 fully saturated rings. The number of aryl methyl sites for hydroxylation is 2. The number of carbonyl (C=O) groups is 1. The van der Waals surface area contributed by atoms with E-state index in [1.807, 2.05) is 24.3 Å². The Labute approximate surface area is 154 Å². The molecule has 0 atom stereocenters. The van der Waals surface area contributed by atoms with E-state index in [-0.39, 0.29) is 24.0 Å². The highest BCUT2D eigenvalue weighted by Crippen LogP contribution is 2.27. The SMILES string of the molecule is COCc1c(C(=O)Nc2ccc3c(c2)n(C)c(=O)n3C)oc2ccccc12. The topological polar surface area (TPSA) is 78.4 Å². The van der Waals surface area contributed by atoms with Gasteiger partial charge in [0, 0.05) is 37.8 Å². The van der Waals surface area contributed by atoms with Crippen molar-refractivity contribution in [3.05, 3.63) is 64.3 Å². The molecule has 2 heterocycles. The molecule has 7 heteroatoms. The minimum atomic E-state index is -0.362. The van der Waals surface area contributed by atoms with E-state index in [2.05, 4.69) is 5.32 Å². The van der Waals surface area contributed by atoms with Crippen LogP contribution in [-0.2, 0) is 25.4 Å². The molecule has 0 unspecified atom stereocenters. The van der Waals surface area contributed by atoms with Gasteiger partial charge in [0.1, 0.15) is 5.58 Å². The van der Waals surface area contributed by atoms with Gasteiger partial charge in [0.15, 0.2) is 5.76 Å². The van der Waals surface area contributed by atoms with Crippen molar-refractivity contribution in [2.24, 2.45) is 14.1 Å². The summed E-state index contributed by atoms with van der Waals surface area (Å²) in [6.45, 7) is 0.270. The van der Waals surface area contributed by atoms with E-state index in [9.17, 15) is 9.59 Å². The Morgan fingerprint density at radius 3 is 2.63 bits per heavy atom. The van der Waals surface area contributed by atoms with E-state index in [0.29, 0.717) is 16.8 Å². The van der Waals surface area contributed by atoms with Crippen molar-refractivity contribution in [2.45, 2.75) is 6.61 Å². The number of hydrogen-bond acceptors (Lipinski definition) is 4. The first-order valence-electron chi connectivity index (χ1n) is 8.47. The number of nitrogens with one attached hydrogen (secondary N) is 1. The van der Waals surface area contributed by atoms with Gasteiger partial charge >= 0.3 is 5.69 Å². The highest BCUT2D eigenvalue weighted by Gasteiger charge is 2.21. The van der Waals surface area contributed by atoms with Gasteiger partial charge in [-0.1, -0.05) is 18.2 Å². The number of furan rings is 1. The standard InChI is InChI=1S/C20H19N3O4/c1-22-15-9-8-12(10-16(15)23(2)20(22)25)21-19(24)18-14(11-26-3)13-6-4-5-7-17(13)27-18/h4-10H,11H2,1-3H3,(H,21,24). The fourth-order valence-electron chi connectivity index (χ4n) is 3.34. The molecule has 0 aliphatic rings. The zero-order valence-corrected chi connectivity index (χ0v) is 15.3. The van der Waals surface area contributed by atoms with Gasteiger partial charge in [0.05, 0.1) is 17.6 Å². The van der Waals surface area contributed by atoms with Crippen molar-refractivity contribution < 1.29 is 13.9 Å². The van der Waals surface area contributed by atoms with Crippen LogP contribution in [0.25, 0.3) is 22.0 Å². The fourth-order valence-corrected chi connectivity index (χ4v) is 3.34. The molecule has 4 aromatic rings. The molecular weight excluding hydrogens is 346 g/mol. The number of nitrogens with zero attached hydrogens (tertiary/aromatic N) is 2. The molecule has 0 saturated heterocycles. The number of amides is 1. The molecule has 7 nitrogen and oxygen atoms in total. The third-order valence-corrected chi connectivity index (χ3v) is 4.72. The molecule has 0 aliphatic carbocycles. The number of para-hydroxylation sites is 1. The Balaban J connectivity index is 1.73. The predicted molar refractivity (Wildman–Crippen MR) is 103 cm³/mol. The van der Waals surface area contributed by atoms with Crippen LogP contribution in [0.2, 0.25) is 0 Å². The number of imidazole rings is 1. The average molecular weight is 365 g/mol. The highest BCUT2D eigenvalue weighted by atomic mass is 16.5. The summed E-state index contributed by atoms with van der Waals surface area (Å²) in [5, 5.41) is 3.71. The van der Waals surface area contributed by atoms with Crippen molar-refractivity contribution in [1.29, 1.82) is 0 Å². The van der Waals surface area contributed by atoms with Crippen molar-refractivity contribution >= 4 is 33.6 Å². The van der Waals surface area contributed by atoms with Gasteiger partial charge in [0.2, 0.25) is 0 Å². The normalized spacial score (nSPS) is 11.4. The number of anilines is 1. The van der Waals surface area contributed by atoms with Crippen LogP contribution in [0.1, 0.15) is 16.1 Å². The number of rotatable bonds is 4. The van der Waals surface area contributed by atoms with Crippen molar-refractivity contribution in [2.75, 3.05) is 12.4 Å². The molecule has 0 spiro atoms. The highest BCUT2D eigenvalue weighted by molar-refractivity contribution is 6.07. The molecule has 138 valence electrons. The van der Waals surface area contributed by atoms with Gasteiger partial charge in [-0.2, -0.15) is 0 Å². The smallest absolute Gasteiger partial charge is 0.328 e. The van der Waals surface area contributed by atoms with Crippen LogP contribution < -0.4 is 11.0 Å². The number of hydrogen-bond donors (Lipinski definition) is 1. The monoisotopic (exact) mass is 365 g/mol. The Kier molecular flexibility index (Phi) is 4.08. The minimum absolute atomic E-state index is 0.117. The Morgan fingerprint density at radius 2 is 1.85 bits per heavy atom. The molecule has 4 rings (SSSR count). The largest absolute Gasteiger partial charge is 0.451 e. The van der Waals surface area contributed by atoms with E-state index >= 15 is 0 Å². The van der Waals surface area contributed by atoms with Crippen molar-refractivity contribution in [3.63, 3.8) is 0 Å². The Hall–Kier alpha value is -3.32. The van der Waals surface area contributed by atoms with Crippen LogP contribution in [0.15, 0.2) is 51.7 Å². The molecule has 27 heavy (non-hydrogen) atoms. The summed E-state index contributed by atoms with van der Waals surface area (Å²) < 4.78 is 14.1. The van der Waals surface area contributed by atoms with E-state index in [0.717, 1.165) is 16.4 Å². The maximum absolute atomic E-state index is 12.8.